The molecule has 0 aromatic carbocycles. The number of aryl methyl sites for hydroxylation is 1. The van der Waals surface area contributed by atoms with E-state index in [1.54, 1.807) is 19.9 Å². The van der Waals surface area contributed by atoms with E-state index in [1.807, 2.05) is 0 Å². The summed E-state index contributed by atoms with van der Waals surface area (Å²) in [4.78, 5) is 25.4. The average Bonchev–Trinajstić information content (AvgIpc) is 3.06. The number of carbonyl (C=O) groups excluding carboxylic acids is 2. The molecule has 6 nitrogen and oxygen atoms in total. The van der Waals surface area contributed by atoms with Crippen molar-refractivity contribution in [2.45, 2.75) is 38.8 Å². The van der Waals surface area contributed by atoms with E-state index in [-0.39, 0.29) is 24.4 Å². The van der Waals surface area contributed by atoms with Gasteiger partial charge in [0.15, 0.2) is 0 Å². The number of imide groups is 1. The molecule has 18 heavy (non-hydrogen) atoms. The van der Waals surface area contributed by atoms with Gasteiger partial charge >= 0.3 is 6.03 Å². The lowest BCUT2D eigenvalue weighted by atomic mass is 9.96. The van der Waals surface area contributed by atoms with Crippen molar-refractivity contribution in [2.75, 3.05) is 0 Å². The Morgan fingerprint density at radius 1 is 1.56 bits per heavy atom. The number of nitrogens with zero attached hydrogens (tertiary/aromatic N) is 2. The van der Waals surface area contributed by atoms with E-state index in [0.29, 0.717) is 11.5 Å². The summed E-state index contributed by atoms with van der Waals surface area (Å²) >= 11 is 0. The van der Waals surface area contributed by atoms with Crippen molar-refractivity contribution in [3.8, 4) is 0 Å². The van der Waals surface area contributed by atoms with Crippen LogP contribution in [0.25, 0.3) is 0 Å². The van der Waals surface area contributed by atoms with Gasteiger partial charge in [-0.3, -0.25) is 9.69 Å². The largest absolute Gasteiger partial charge is 0.361 e. The van der Waals surface area contributed by atoms with Gasteiger partial charge in [-0.25, -0.2) is 4.79 Å². The fourth-order valence-corrected chi connectivity index (χ4v) is 2.45. The lowest BCUT2D eigenvalue weighted by Crippen LogP contribution is -2.46. The minimum Gasteiger partial charge on any atom is -0.361 e. The number of hydrogen-bond donors (Lipinski definition) is 1. The zero-order valence-corrected chi connectivity index (χ0v) is 10.4. The Kier molecular flexibility index (Phi) is 2.23. The highest BCUT2D eigenvalue weighted by molar-refractivity contribution is 6.07. The Morgan fingerprint density at radius 3 is 2.83 bits per heavy atom. The van der Waals surface area contributed by atoms with E-state index in [4.69, 9.17) is 4.52 Å². The predicted octanol–water partition coefficient (Wildman–Crippen LogP) is 1.20. The van der Waals surface area contributed by atoms with Crippen molar-refractivity contribution < 1.29 is 14.1 Å². The first-order valence-electron chi connectivity index (χ1n) is 6.07. The first-order valence-corrected chi connectivity index (χ1v) is 6.07. The fraction of sp³-hybridized carbons (Fsp3) is 0.583. The summed E-state index contributed by atoms with van der Waals surface area (Å²) in [6.45, 7) is 3.75. The monoisotopic (exact) mass is 249 g/mol. The van der Waals surface area contributed by atoms with Crippen molar-refractivity contribution in [1.29, 1.82) is 0 Å². The van der Waals surface area contributed by atoms with Crippen LogP contribution in [0, 0.1) is 12.8 Å². The molecule has 0 bridgehead atoms. The van der Waals surface area contributed by atoms with Crippen LogP contribution in [-0.4, -0.2) is 27.5 Å². The van der Waals surface area contributed by atoms with Crippen LogP contribution in [0.3, 0.4) is 0 Å². The Labute approximate surface area is 104 Å². The van der Waals surface area contributed by atoms with Gasteiger partial charge < -0.3 is 9.84 Å². The zero-order chi connectivity index (χ0) is 12.9. The van der Waals surface area contributed by atoms with Crippen LogP contribution >= 0.6 is 0 Å². The molecule has 0 spiro atoms. The van der Waals surface area contributed by atoms with Crippen LogP contribution in [0.1, 0.15) is 31.2 Å². The number of aromatic nitrogens is 1. The van der Waals surface area contributed by atoms with Gasteiger partial charge in [-0.1, -0.05) is 5.16 Å². The second-order valence-corrected chi connectivity index (χ2v) is 5.23. The van der Waals surface area contributed by atoms with E-state index >= 15 is 0 Å². The van der Waals surface area contributed by atoms with Crippen LogP contribution in [0.15, 0.2) is 10.6 Å². The predicted molar refractivity (Wildman–Crippen MR) is 61.5 cm³/mol. The van der Waals surface area contributed by atoms with Gasteiger partial charge in [0.1, 0.15) is 17.0 Å². The summed E-state index contributed by atoms with van der Waals surface area (Å²) < 4.78 is 4.94. The van der Waals surface area contributed by atoms with Gasteiger partial charge in [0, 0.05) is 6.07 Å². The van der Waals surface area contributed by atoms with E-state index in [1.165, 1.54) is 4.90 Å². The summed E-state index contributed by atoms with van der Waals surface area (Å²) in [5.74, 6) is 0.788. The molecule has 3 rings (SSSR count). The number of urea groups is 1. The first kappa shape index (κ1) is 11.3. The standard InChI is InChI=1S/C12H15N3O3/c1-7-5-9(14-18-7)6-15-10(16)12(2,8-3-4-8)13-11(15)17/h5,8H,3-4,6H2,1-2H3,(H,13,17)/t12-/m0/s1. The van der Waals surface area contributed by atoms with Gasteiger partial charge in [0.25, 0.3) is 5.91 Å². The smallest absolute Gasteiger partial charge is 0.325 e. The first-order chi connectivity index (χ1) is 8.50. The molecule has 1 saturated heterocycles. The average molecular weight is 249 g/mol. The number of carbonyl (C=O) groups is 2. The summed E-state index contributed by atoms with van der Waals surface area (Å²) in [7, 11) is 0. The highest BCUT2D eigenvalue weighted by atomic mass is 16.5. The SMILES string of the molecule is Cc1cc(CN2C(=O)N[C@@](C)(C3CC3)C2=O)no1. The molecule has 1 saturated carbocycles. The Morgan fingerprint density at radius 2 is 2.28 bits per heavy atom. The van der Waals surface area contributed by atoms with Gasteiger partial charge in [0.2, 0.25) is 0 Å². The molecule has 96 valence electrons. The van der Waals surface area contributed by atoms with E-state index in [0.717, 1.165) is 12.8 Å². The molecule has 2 heterocycles. The Balaban J connectivity index is 1.80. The van der Waals surface area contributed by atoms with Crippen LogP contribution in [0.5, 0.6) is 0 Å². The summed E-state index contributed by atoms with van der Waals surface area (Å²) in [6.07, 6.45) is 2.00. The van der Waals surface area contributed by atoms with Crippen molar-refractivity contribution in [3.63, 3.8) is 0 Å². The van der Waals surface area contributed by atoms with Crippen molar-refractivity contribution in [1.82, 2.24) is 15.4 Å². The van der Waals surface area contributed by atoms with Gasteiger partial charge in [-0.2, -0.15) is 0 Å². The second kappa shape index (κ2) is 3.57. The fourth-order valence-electron chi connectivity index (χ4n) is 2.45. The molecule has 3 amide bonds. The topological polar surface area (TPSA) is 75.4 Å². The molecule has 2 aliphatic rings. The van der Waals surface area contributed by atoms with Crippen molar-refractivity contribution in [2.24, 2.45) is 5.92 Å². The highest BCUT2D eigenvalue weighted by Crippen LogP contribution is 2.42. The quantitative estimate of drug-likeness (QED) is 0.817. The molecule has 1 atom stereocenters. The maximum absolute atomic E-state index is 12.3. The normalized spacial score (nSPS) is 27.8. The third kappa shape index (κ3) is 1.60. The van der Waals surface area contributed by atoms with Crippen LogP contribution < -0.4 is 5.32 Å². The second-order valence-electron chi connectivity index (χ2n) is 5.23. The maximum Gasteiger partial charge on any atom is 0.325 e. The maximum atomic E-state index is 12.3. The molecule has 0 unspecified atom stereocenters. The Bertz CT molecular complexity index is 520. The van der Waals surface area contributed by atoms with Gasteiger partial charge in [-0.05, 0) is 32.6 Å². The minimum absolute atomic E-state index is 0.157. The zero-order valence-electron chi connectivity index (χ0n) is 10.4. The third-order valence-corrected chi connectivity index (χ3v) is 3.69. The third-order valence-electron chi connectivity index (χ3n) is 3.69. The molecular formula is C12H15N3O3. The molecule has 1 aromatic heterocycles. The Hall–Kier alpha value is -1.85. The minimum atomic E-state index is -0.726. The number of rotatable bonds is 3. The molecule has 1 aromatic rings. The summed E-state index contributed by atoms with van der Waals surface area (Å²) in [5, 5.41) is 6.61. The lowest BCUT2D eigenvalue weighted by molar-refractivity contribution is -0.131. The number of nitrogens with one attached hydrogen (secondary N) is 1. The summed E-state index contributed by atoms with van der Waals surface area (Å²) in [6, 6.07) is 1.39. The van der Waals surface area contributed by atoms with E-state index in [9.17, 15) is 9.59 Å². The van der Waals surface area contributed by atoms with Gasteiger partial charge in [-0.15, -0.1) is 0 Å². The summed E-state index contributed by atoms with van der Waals surface area (Å²) in [5.41, 5.74) is -0.133. The number of hydrogen-bond acceptors (Lipinski definition) is 4. The number of amides is 3. The van der Waals surface area contributed by atoms with Crippen LogP contribution in [-0.2, 0) is 11.3 Å². The molecule has 0 radical (unpaired) electrons. The lowest BCUT2D eigenvalue weighted by Gasteiger charge is -2.20. The van der Waals surface area contributed by atoms with Crippen molar-refractivity contribution >= 4 is 11.9 Å². The van der Waals surface area contributed by atoms with Crippen LogP contribution in [0.2, 0.25) is 0 Å². The molecular weight excluding hydrogens is 234 g/mol. The highest BCUT2D eigenvalue weighted by Gasteiger charge is 2.55. The van der Waals surface area contributed by atoms with Crippen LogP contribution in [0.4, 0.5) is 4.79 Å². The van der Waals surface area contributed by atoms with Crippen molar-refractivity contribution in [3.05, 3.63) is 17.5 Å². The molecule has 1 aliphatic heterocycles. The molecule has 1 N–H and O–H groups in total. The van der Waals surface area contributed by atoms with Gasteiger partial charge in [0.05, 0.1) is 6.54 Å². The van der Waals surface area contributed by atoms with E-state index < -0.39 is 5.54 Å². The molecule has 2 fully saturated rings. The molecule has 1 aliphatic carbocycles. The molecule has 6 heteroatoms. The van der Waals surface area contributed by atoms with E-state index in [2.05, 4.69) is 10.5 Å².